The molecule has 96 valence electrons. The molecule has 1 heterocycles. The van der Waals surface area contributed by atoms with Crippen LogP contribution in [0.15, 0.2) is 24.3 Å². The standard InChI is InChI=1S/C16H21NO/c1-12-4-2-5-14(10-12)15-6-3-9-17(11-15)16(18)13-7-8-13/h2,4-5,10,13,15H,3,6-9,11H2,1H3. The smallest absolute Gasteiger partial charge is 0.225 e. The molecule has 0 spiro atoms. The Hall–Kier alpha value is -1.31. The second-order valence-corrected chi connectivity index (χ2v) is 5.81. The molecule has 2 fully saturated rings. The first-order chi connectivity index (χ1) is 8.74. The lowest BCUT2D eigenvalue weighted by atomic mass is 9.89. The fraction of sp³-hybridized carbons (Fsp3) is 0.562. The van der Waals surface area contributed by atoms with Gasteiger partial charge in [-0.05, 0) is 38.2 Å². The summed E-state index contributed by atoms with van der Waals surface area (Å²) in [6.07, 6.45) is 4.60. The molecule has 2 aliphatic rings. The van der Waals surface area contributed by atoms with E-state index in [9.17, 15) is 4.79 Å². The molecule has 1 saturated heterocycles. The molecule has 1 amide bonds. The molecular formula is C16H21NO. The van der Waals surface area contributed by atoms with Crippen molar-refractivity contribution in [3.63, 3.8) is 0 Å². The van der Waals surface area contributed by atoms with Crippen LogP contribution in [-0.2, 0) is 4.79 Å². The summed E-state index contributed by atoms with van der Waals surface area (Å²) in [6, 6.07) is 8.75. The first-order valence-corrected chi connectivity index (χ1v) is 7.09. The van der Waals surface area contributed by atoms with Gasteiger partial charge in [-0.1, -0.05) is 29.8 Å². The van der Waals surface area contributed by atoms with Crippen molar-refractivity contribution in [2.45, 2.75) is 38.5 Å². The predicted octanol–water partition coefficient (Wildman–Crippen LogP) is 3.11. The molecule has 0 bridgehead atoms. The fourth-order valence-electron chi connectivity index (χ4n) is 2.96. The van der Waals surface area contributed by atoms with Gasteiger partial charge in [-0.2, -0.15) is 0 Å². The maximum atomic E-state index is 12.1. The summed E-state index contributed by atoms with van der Waals surface area (Å²) in [5.41, 5.74) is 2.72. The van der Waals surface area contributed by atoms with Crippen LogP contribution in [0.25, 0.3) is 0 Å². The van der Waals surface area contributed by atoms with Gasteiger partial charge in [0.15, 0.2) is 0 Å². The molecule has 1 aliphatic carbocycles. The Kier molecular flexibility index (Phi) is 3.11. The highest BCUT2D eigenvalue weighted by Crippen LogP contribution is 2.34. The molecule has 3 rings (SSSR count). The van der Waals surface area contributed by atoms with Gasteiger partial charge in [0, 0.05) is 24.9 Å². The van der Waals surface area contributed by atoms with Gasteiger partial charge in [-0.25, -0.2) is 0 Å². The Labute approximate surface area is 109 Å². The van der Waals surface area contributed by atoms with Crippen LogP contribution in [0.5, 0.6) is 0 Å². The van der Waals surface area contributed by atoms with Gasteiger partial charge >= 0.3 is 0 Å². The largest absolute Gasteiger partial charge is 0.342 e. The van der Waals surface area contributed by atoms with E-state index < -0.39 is 0 Å². The third-order valence-electron chi connectivity index (χ3n) is 4.17. The van der Waals surface area contributed by atoms with Crippen molar-refractivity contribution in [3.8, 4) is 0 Å². The van der Waals surface area contributed by atoms with Gasteiger partial charge in [0.05, 0.1) is 0 Å². The normalized spacial score (nSPS) is 24.1. The van der Waals surface area contributed by atoms with Gasteiger partial charge in [-0.3, -0.25) is 4.79 Å². The van der Waals surface area contributed by atoms with E-state index in [1.54, 1.807) is 0 Å². The highest BCUT2D eigenvalue weighted by molar-refractivity contribution is 5.81. The number of carbonyl (C=O) groups excluding carboxylic acids is 1. The van der Waals surface area contributed by atoms with Crippen LogP contribution in [0.4, 0.5) is 0 Å². The average molecular weight is 243 g/mol. The molecule has 1 aliphatic heterocycles. The number of rotatable bonds is 2. The Morgan fingerprint density at radius 1 is 1.28 bits per heavy atom. The number of benzene rings is 1. The molecule has 2 nitrogen and oxygen atoms in total. The minimum absolute atomic E-state index is 0.362. The molecular weight excluding hydrogens is 222 g/mol. The van der Waals surface area contributed by atoms with Crippen molar-refractivity contribution in [1.29, 1.82) is 0 Å². The summed E-state index contributed by atoms with van der Waals surface area (Å²) in [5, 5.41) is 0. The van der Waals surface area contributed by atoms with Crippen LogP contribution in [0.2, 0.25) is 0 Å². The van der Waals surface area contributed by atoms with E-state index >= 15 is 0 Å². The highest BCUT2D eigenvalue weighted by atomic mass is 16.2. The van der Waals surface area contributed by atoms with Crippen LogP contribution in [0.1, 0.15) is 42.7 Å². The van der Waals surface area contributed by atoms with E-state index in [2.05, 4.69) is 36.1 Å². The van der Waals surface area contributed by atoms with Crippen LogP contribution >= 0.6 is 0 Å². The van der Waals surface area contributed by atoms with Gasteiger partial charge in [0.1, 0.15) is 0 Å². The second-order valence-electron chi connectivity index (χ2n) is 5.81. The van der Waals surface area contributed by atoms with Crippen molar-refractivity contribution in [1.82, 2.24) is 4.90 Å². The molecule has 1 aromatic rings. The molecule has 18 heavy (non-hydrogen) atoms. The zero-order valence-corrected chi connectivity index (χ0v) is 11.1. The molecule has 1 aromatic carbocycles. The number of nitrogens with zero attached hydrogens (tertiary/aromatic N) is 1. The number of hydrogen-bond donors (Lipinski definition) is 0. The number of carbonyl (C=O) groups is 1. The SMILES string of the molecule is Cc1cccc(C2CCCN(C(=O)C3CC3)C2)c1. The van der Waals surface area contributed by atoms with E-state index in [4.69, 9.17) is 0 Å². The van der Waals surface area contributed by atoms with E-state index in [1.165, 1.54) is 17.5 Å². The minimum atomic E-state index is 0.362. The third-order valence-corrected chi connectivity index (χ3v) is 4.17. The summed E-state index contributed by atoms with van der Waals surface area (Å²) in [7, 11) is 0. The van der Waals surface area contributed by atoms with Gasteiger partial charge in [-0.15, -0.1) is 0 Å². The zero-order valence-electron chi connectivity index (χ0n) is 11.1. The zero-order chi connectivity index (χ0) is 12.5. The van der Waals surface area contributed by atoms with Crippen molar-refractivity contribution in [3.05, 3.63) is 35.4 Å². The van der Waals surface area contributed by atoms with Crippen molar-refractivity contribution < 1.29 is 4.79 Å². The number of piperidine rings is 1. The Morgan fingerprint density at radius 2 is 2.11 bits per heavy atom. The quantitative estimate of drug-likeness (QED) is 0.781. The Morgan fingerprint density at radius 3 is 2.83 bits per heavy atom. The monoisotopic (exact) mass is 243 g/mol. The van der Waals surface area contributed by atoms with Crippen molar-refractivity contribution >= 4 is 5.91 Å². The van der Waals surface area contributed by atoms with Crippen LogP contribution < -0.4 is 0 Å². The van der Waals surface area contributed by atoms with Crippen LogP contribution in [0, 0.1) is 12.8 Å². The van der Waals surface area contributed by atoms with Crippen LogP contribution in [-0.4, -0.2) is 23.9 Å². The summed E-state index contributed by atoms with van der Waals surface area (Å²) < 4.78 is 0. The number of likely N-dealkylation sites (tertiary alicyclic amines) is 1. The summed E-state index contributed by atoms with van der Waals surface area (Å²) in [4.78, 5) is 14.2. The lowest BCUT2D eigenvalue weighted by Crippen LogP contribution is -2.39. The van der Waals surface area contributed by atoms with E-state index in [0.717, 1.165) is 32.4 Å². The summed E-state index contributed by atoms with van der Waals surface area (Å²) >= 11 is 0. The third kappa shape index (κ3) is 2.43. The summed E-state index contributed by atoms with van der Waals surface area (Å²) in [5.74, 6) is 1.31. The lowest BCUT2D eigenvalue weighted by Gasteiger charge is -2.33. The summed E-state index contributed by atoms with van der Waals surface area (Å²) in [6.45, 7) is 4.04. The number of hydrogen-bond acceptors (Lipinski definition) is 1. The first-order valence-electron chi connectivity index (χ1n) is 7.09. The average Bonchev–Trinajstić information content (AvgIpc) is 3.22. The van der Waals surface area contributed by atoms with Crippen LogP contribution in [0.3, 0.4) is 0 Å². The minimum Gasteiger partial charge on any atom is -0.342 e. The maximum absolute atomic E-state index is 12.1. The number of aryl methyl sites for hydroxylation is 1. The Bertz CT molecular complexity index is 450. The topological polar surface area (TPSA) is 20.3 Å². The van der Waals surface area contributed by atoms with Gasteiger partial charge in [0.2, 0.25) is 5.91 Å². The van der Waals surface area contributed by atoms with E-state index in [0.29, 0.717) is 17.7 Å². The molecule has 0 N–H and O–H groups in total. The highest BCUT2D eigenvalue weighted by Gasteiger charge is 2.35. The first kappa shape index (κ1) is 11.8. The van der Waals surface area contributed by atoms with Crippen molar-refractivity contribution in [2.75, 3.05) is 13.1 Å². The van der Waals surface area contributed by atoms with Crippen molar-refractivity contribution in [2.24, 2.45) is 5.92 Å². The van der Waals surface area contributed by atoms with E-state index in [-0.39, 0.29) is 0 Å². The molecule has 1 atom stereocenters. The molecule has 0 aromatic heterocycles. The molecule has 2 heteroatoms. The van der Waals surface area contributed by atoms with Gasteiger partial charge < -0.3 is 4.90 Å². The second kappa shape index (κ2) is 4.75. The fourth-order valence-corrected chi connectivity index (χ4v) is 2.96. The maximum Gasteiger partial charge on any atom is 0.225 e. The molecule has 1 unspecified atom stereocenters. The predicted molar refractivity (Wildman–Crippen MR) is 72.5 cm³/mol. The molecule has 1 saturated carbocycles. The van der Waals surface area contributed by atoms with E-state index in [1.807, 2.05) is 0 Å². The molecule has 0 radical (unpaired) electrons. The van der Waals surface area contributed by atoms with Gasteiger partial charge in [0.25, 0.3) is 0 Å². The Balaban J connectivity index is 1.71. The lowest BCUT2D eigenvalue weighted by molar-refractivity contribution is -0.133. The number of amides is 1.